The van der Waals surface area contributed by atoms with Gasteiger partial charge in [-0.15, -0.1) is 0 Å². The summed E-state index contributed by atoms with van der Waals surface area (Å²) >= 11 is 0. The van der Waals surface area contributed by atoms with Crippen molar-refractivity contribution in [3.05, 3.63) is 65.5 Å². The lowest BCUT2D eigenvalue weighted by Gasteiger charge is -2.34. The van der Waals surface area contributed by atoms with Gasteiger partial charge in [-0.25, -0.2) is 4.85 Å². The molecule has 6 heteroatoms. The van der Waals surface area contributed by atoms with Gasteiger partial charge in [-0.2, -0.15) is 5.26 Å². The first-order valence-electron chi connectivity index (χ1n) is 9.45. The molecule has 0 N–H and O–H groups in total. The summed E-state index contributed by atoms with van der Waals surface area (Å²) in [5, 5.41) is 8.81. The Morgan fingerprint density at radius 3 is 1.71 bits per heavy atom. The molecule has 1 aliphatic heterocycles. The molecule has 0 bridgehead atoms. The molecular weight excluding hydrogens is 352 g/mol. The molecule has 0 saturated carbocycles. The van der Waals surface area contributed by atoms with Crippen LogP contribution in [0.15, 0.2) is 48.5 Å². The molecule has 0 unspecified atom stereocenters. The molecule has 2 aromatic rings. The van der Waals surface area contributed by atoms with Gasteiger partial charge in [-0.1, -0.05) is 12.1 Å². The average molecular weight is 376 g/mol. The van der Waals surface area contributed by atoms with Crippen LogP contribution in [0, 0.1) is 17.9 Å². The Morgan fingerprint density at radius 1 is 0.821 bits per heavy atom. The van der Waals surface area contributed by atoms with Crippen LogP contribution in [-0.4, -0.2) is 62.3 Å². The van der Waals surface area contributed by atoms with Crippen LogP contribution in [0.1, 0.15) is 5.56 Å². The third-order valence-corrected chi connectivity index (χ3v) is 4.77. The zero-order chi connectivity index (χ0) is 19.6. The Balaban J connectivity index is 1.28. The number of nitriles is 1. The van der Waals surface area contributed by atoms with Gasteiger partial charge < -0.3 is 9.47 Å². The van der Waals surface area contributed by atoms with Gasteiger partial charge in [-0.3, -0.25) is 9.80 Å². The summed E-state index contributed by atoms with van der Waals surface area (Å²) in [5.74, 6) is 1.62. The molecule has 1 aliphatic rings. The summed E-state index contributed by atoms with van der Waals surface area (Å²) in [6.45, 7) is 14.2. The highest BCUT2D eigenvalue weighted by atomic mass is 16.5. The third kappa shape index (κ3) is 5.99. The maximum atomic E-state index is 8.81. The van der Waals surface area contributed by atoms with E-state index >= 15 is 0 Å². The van der Waals surface area contributed by atoms with Crippen molar-refractivity contribution in [1.82, 2.24) is 9.80 Å². The Labute approximate surface area is 166 Å². The van der Waals surface area contributed by atoms with E-state index < -0.39 is 0 Å². The van der Waals surface area contributed by atoms with Crippen LogP contribution >= 0.6 is 0 Å². The fraction of sp³-hybridized carbons (Fsp3) is 0.364. The van der Waals surface area contributed by atoms with Crippen LogP contribution in [-0.2, 0) is 0 Å². The Kier molecular flexibility index (Phi) is 7.26. The van der Waals surface area contributed by atoms with Crippen LogP contribution < -0.4 is 9.47 Å². The number of rotatable bonds is 8. The van der Waals surface area contributed by atoms with E-state index in [1.54, 1.807) is 24.3 Å². The quantitative estimate of drug-likeness (QED) is 0.663. The van der Waals surface area contributed by atoms with E-state index in [1.165, 1.54) is 0 Å². The lowest BCUT2D eigenvalue weighted by Crippen LogP contribution is -2.48. The minimum absolute atomic E-state index is 0.631. The van der Waals surface area contributed by atoms with Crippen LogP contribution in [0.25, 0.3) is 4.85 Å². The summed E-state index contributed by atoms with van der Waals surface area (Å²) in [4.78, 5) is 8.19. The molecule has 0 spiro atoms. The number of nitrogens with zero attached hydrogens (tertiary/aromatic N) is 4. The first-order chi connectivity index (χ1) is 13.8. The van der Waals surface area contributed by atoms with Crippen LogP contribution in [0.2, 0.25) is 0 Å². The Morgan fingerprint density at radius 2 is 1.29 bits per heavy atom. The minimum atomic E-state index is 0.631. The zero-order valence-electron chi connectivity index (χ0n) is 15.9. The van der Waals surface area contributed by atoms with Crippen molar-refractivity contribution in [1.29, 1.82) is 5.26 Å². The van der Waals surface area contributed by atoms with E-state index in [0.717, 1.165) is 50.8 Å². The van der Waals surface area contributed by atoms with Crippen LogP contribution in [0.5, 0.6) is 11.5 Å². The Bertz CT molecular complexity index is 742. The molecule has 0 radical (unpaired) electrons. The van der Waals surface area contributed by atoms with Gasteiger partial charge in [0.05, 0.1) is 18.2 Å². The van der Waals surface area contributed by atoms with Gasteiger partial charge in [0.1, 0.15) is 24.7 Å². The summed E-state index contributed by atoms with van der Waals surface area (Å²) in [5.41, 5.74) is 1.28. The van der Waals surface area contributed by atoms with Crippen molar-refractivity contribution in [3.8, 4) is 17.6 Å². The maximum Gasteiger partial charge on any atom is 0.187 e. The van der Waals surface area contributed by atoms with Gasteiger partial charge >= 0.3 is 0 Å². The molecular formula is C22H24N4O2. The summed E-state index contributed by atoms with van der Waals surface area (Å²) in [6, 6.07) is 16.6. The number of benzene rings is 2. The second-order valence-electron chi connectivity index (χ2n) is 6.62. The maximum absolute atomic E-state index is 8.81. The fourth-order valence-electron chi connectivity index (χ4n) is 3.06. The predicted octanol–water partition coefficient (Wildman–Crippen LogP) is 3.18. The first-order valence-corrected chi connectivity index (χ1v) is 9.45. The molecule has 3 rings (SSSR count). The molecule has 0 amide bonds. The van der Waals surface area contributed by atoms with E-state index in [9.17, 15) is 0 Å². The molecule has 1 fully saturated rings. The van der Waals surface area contributed by atoms with Crippen LogP contribution in [0.4, 0.5) is 5.69 Å². The van der Waals surface area contributed by atoms with Crippen molar-refractivity contribution < 1.29 is 9.47 Å². The standard InChI is InChI=1S/C22H24N4O2/c1-24-20-4-8-22(9-5-20)28-17-15-26-12-10-25(11-13-26)14-16-27-21-6-2-19(18-23)3-7-21/h2-9H,10-17H2. The topological polar surface area (TPSA) is 53.1 Å². The SMILES string of the molecule is [C-]#[N+]c1ccc(OCCN2CCN(CCOc3ccc(C#N)cc3)CC2)cc1. The van der Waals surface area contributed by atoms with Crippen molar-refractivity contribution in [2.45, 2.75) is 0 Å². The molecule has 1 saturated heterocycles. The van der Waals surface area contributed by atoms with Gasteiger partial charge in [-0.05, 0) is 36.4 Å². The van der Waals surface area contributed by atoms with Crippen molar-refractivity contribution in [3.63, 3.8) is 0 Å². The zero-order valence-corrected chi connectivity index (χ0v) is 15.9. The summed E-state index contributed by atoms with van der Waals surface area (Å²) in [7, 11) is 0. The number of hydrogen-bond donors (Lipinski definition) is 0. The van der Waals surface area contributed by atoms with E-state index in [-0.39, 0.29) is 0 Å². The molecule has 28 heavy (non-hydrogen) atoms. The smallest absolute Gasteiger partial charge is 0.187 e. The molecule has 0 atom stereocenters. The number of piperazine rings is 1. The van der Waals surface area contributed by atoms with Gasteiger partial charge in [0.15, 0.2) is 5.69 Å². The monoisotopic (exact) mass is 376 g/mol. The fourth-order valence-corrected chi connectivity index (χ4v) is 3.06. The molecule has 144 valence electrons. The van der Waals surface area contributed by atoms with Gasteiger partial charge in [0.2, 0.25) is 0 Å². The molecule has 0 aliphatic carbocycles. The summed E-state index contributed by atoms with van der Waals surface area (Å²) < 4.78 is 11.5. The molecule has 1 heterocycles. The summed E-state index contributed by atoms with van der Waals surface area (Å²) in [6.07, 6.45) is 0. The lowest BCUT2D eigenvalue weighted by atomic mass is 10.2. The van der Waals surface area contributed by atoms with E-state index in [2.05, 4.69) is 20.7 Å². The first kappa shape index (κ1) is 19.7. The predicted molar refractivity (Wildman–Crippen MR) is 108 cm³/mol. The normalized spacial score (nSPS) is 14.8. The lowest BCUT2D eigenvalue weighted by molar-refractivity contribution is 0.105. The molecule has 2 aromatic carbocycles. The number of ether oxygens (including phenoxy) is 2. The van der Waals surface area contributed by atoms with Crippen LogP contribution in [0.3, 0.4) is 0 Å². The van der Waals surface area contributed by atoms with Crippen molar-refractivity contribution in [2.24, 2.45) is 0 Å². The largest absolute Gasteiger partial charge is 0.492 e. The van der Waals surface area contributed by atoms with E-state index in [1.807, 2.05) is 24.3 Å². The molecule has 0 aromatic heterocycles. The Hall–Kier alpha value is -3.06. The molecule has 6 nitrogen and oxygen atoms in total. The van der Waals surface area contributed by atoms with Gasteiger partial charge in [0, 0.05) is 39.3 Å². The van der Waals surface area contributed by atoms with E-state index in [0.29, 0.717) is 24.5 Å². The van der Waals surface area contributed by atoms with E-state index in [4.69, 9.17) is 21.3 Å². The minimum Gasteiger partial charge on any atom is -0.492 e. The second kappa shape index (κ2) is 10.3. The third-order valence-electron chi connectivity index (χ3n) is 4.77. The highest BCUT2D eigenvalue weighted by molar-refractivity contribution is 5.46. The average Bonchev–Trinajstić information content (AvgIpc) is 2.76. The van der Waals surface area contributed by atoms with Crippen molar-refractivity contribution >= 4 is 5.69 Å². The van der Waals surface area contributed by atoms with Gasteiger partial charge in [0.25, 0.3) is 0 Å². The van der Waals surface area contributed by atoms with Crippen molar-refractivity contribution in [2.75, 3.05) is 52.5 Å². The highest BCUT2D eigenvalue weighted by Crippen LogP contribution is 2.17. The highest BCUT2D eigenvalue weighted by Gasteiger charge is 2.16. The second-order valence-corrected chi connectivity index (χ2v) is 6.62. The number of hydrogen-bond acceptors (Lipinski definition) is 5.